The normalized spacial score (nSPS) is 23.1. The zero-order valence-electron chi connectivity index (χ0n) is 11.7. The monoisotopic (exact) mass is 297 g/mol. The molecule has 0 saturated carbocycles. The van der Waals surface area contributed by atoms with E-state index in [1.807, 2.05) is 11.5 Å². The van der Waals surface area contributed by atoms with E-state index in [-0.39, 0.29) is 6.04 Å². The van der Waals surface area contributed by atoms with Crippen LogP contribution in [-0.4, -0.2) is 46.5 Å². The Morgan fingerprint density at radius 3 is 2.47 bits per heavy atom. The van der Waals surface area contributed by atoms with Gasteiger partial charge in [-0.05, 0) is 25.8 Å². The smallest absolute Gasteiger partial charge is 0.383 e. The molecule has 1 rings (SSSR count). The molecule has 0 aromatic heterocycles. The maximum atomic E-state index is 13.3. The van der Waals surface area contributed by atoms with Gasteiger partial charge in [-0.15, -0.1) is 0 Å². The quantitative estimate of drug-likeness (QED) is 0.703. The minimum absolute atomic E-state index is 0.196. The average molecular weight is 297 g/mol. The predicted molar refractivity (Wildman–Crippen MR) is 69.6 cm³/mol. The Bertz CT molecular complexity index is 311. The van der Waals surface area contributed by atoms with Gasteiger partial charge in [0.2, 0.25) is 0 Å². The van der Waals surface area contributed by atoms with Gasteiger partial charge in [-0.25, -0.2) is 13.2 Å². The number of alkyl halides is 2. The van der Waals surface area contributed by atoms with Crippen LogP contribution >= 0.6 is 0 Å². The third kappa shape index (κ3) is 3.81. The number of halogens is 3. The number of rotatable bonds is 6. The highest BCUT2D eigenvalue weighted by molar-refractivity contribution is 6.70. The summed E-state index contributed by atoms with van der Waals surface area (Å²) in [4.78, 5) is 0. The van der Waals surface area contributed by atoms with E-state index >= 15 is 0 Å². The molecule has 0 aromatic rings. The minimum atomic E-state index is -3.24. The highest BCUT2D eigenvalue weighted by Gasteiger charge is 2.46. The highest BCUT2D eigenvalue weighted by Crippen LogP contribution is 2.28. The molecule has 0 radical (unpaired) electrons. The molecule has 1 unspecified atom stereocenters. The van der Waals surface area contributed by atoms with Crippen molar-refractivity contribution in [1.29, 1.82) is 0 Å². The molecular weight excluding hydrogens is 275 g/mol. The van der Waals surface area contributed by atoms with Crippen molar-refractivity contribution in [2.45, 2.75) is 45.1 Å². The van der Waals surface area contributed by atoms with Crippen molar-refractivity contribution in [3.63, 3.8) is 0 Å². The summed E-state index contributed by atoms with van der Waals surface area (Å²) >= 11 is 0. The van der Waals surface area contributed by atoms with E-state index in [0.29, 0.717) is 6.54 Å². The molecule has 0 bridgehead atoms. The molecule has 1 heterocycles. The first kappa shape index (κ1) is 16.7. The largest absolute Gasteiger partial charge is 0.458 e. The maximum absolute atomic E-state index is 13.3. The Balaban J connectivity index is 3.06. The summed E-state index contributed by atoms with van der Waals surface area (Å²) in [7, 11) is -0.446. The molecule has 19 heavy (non-hydrogen) atoms. The Morgan fingerprint density at radius 2 is 2.00 bits per heavy atom. The first-order chi connectivity index (χ1) is 9.00. The molecule has 1 aliphatic heterocycles. The van der Waals surface area contributed by atoms with Gasteiger partial charge in [0.1, 0.15) is 0 Å². The van der Waals surface area contributed by atoms with E-state index in [4.69, 9.17) is 8.85 Å². The predicted octanol–water partition coefficient (Wildman–Crippen LogP) is 3.14. The molecule has 0 amide bonds. The van der Waals surface area contributed by atoms with Crippen LogP contribution in [0.5, 0.6) is 0 Å². The van der Waals surface area contributed by atoms with Gasteiger partial charge >= 0.3 is 8.72 Å². The number of nitrogens with zero attached hydrogens (tertiary/aromatic N) is 1. The van der Waals surface area contributed by atoms with Crippen molar-refractivity contribution in [3.05, 3.63) is 11.5 Å². The van der Waals surface area contributed by atoms with Gasteiger partial charge in [-0.2, -0.15) is 0 Å². The third-order valence-electron chi connectivity index (χ3n) is 3.61. The molecule has 7 heteroatoms. The second-order valence-electron chi connectivity index (χ2n) is 4.62. The van der Waals surface area contributed by atoms with Crippen LogP contribution in [0, 0.1) is 0 Å². The fraction of sp³-hybridized carbons (Fsp3) is 0.833. The zero-order chi connectivity index (χ0) is 14.5. The first-order valence-corrected chi connectivity index (χ1v) is 8.38. The Labute approximate surface area is 113 Å². The van der Waals surface area contributed by atoms with E-state index in [1.54, 1.807) is 0 Å². The van der Waals surface area contributed by atoms with Crippen LogP contribution in [0.4, 0.5) is 13.2 Å². The lowest BCUT2D eigenvalue weighted by molar-refractivity contribution is 0.119. The Kier molecular flexibility index (Phi) is 6.51. The Hall–Kier alpha value is -0.373. The lowest BCUT2D eigenvalue weighted by atomic mass is 10.0. The summed E-state index contributed by atoms with van der Waals surface area (Å²) in [6, 6.07) is 0.196. The van der Waals surface area contributed by atoms with Crippen molar-refractivity contribution < 1.29 is 22.0 Å². The van der Waals surface area contributed by atoms with Crippen LogP contribution in [-0.2, 0) is 8.85 Å². The fourth-order valence-electron chi connectivity index (χ4n) is 2.59. The minimum Gasteiger partial charge on any atom is -0.383 e. The SMILES string of the molecule is CCC1CCCCN1[Si](C=C(F)C(F)F)(OC)OC. The molecule has 112 valence electrons. The van der Waals surface area contributed by atoms with E-state index < -0.39 is 21.0 Å². The molecule has 0 spiro atoms. The first-order valence-electron chi connectivity index (χ1n) is 6.54. The molecule has 1 aliphatic rings. The zero-order valence-corrected chi connectivity index (χ0v) is 12.7. The Morgan fingerprint density at radius 1 is 1.37 bits per heavy atom. The number of allylic oxidation sites excluding steroid dienone is 1. The van der Waals surface area contributed by atoms with Gasteiger partial charge in [-0.1, -0.05) is 13.3 Å². The maximum Gasteiger partial charge on any atom is 0.458 e. The van der Waals surface area contributed by atoms with Gasteiger partial charge in [0.15, 0.2) is 5.83 Å². The molecule has 0 aliphatic carbocycles. The van der Waals surface area contributed by atoms with Crippen LogP contribution in [0.2, 0.25) is 0 Å². The lowest BCUT2D eigenvalue weighted by Crippen LogP contribution is -2.61. The molecule has 1 atom stereocenters. The molecule has 0 N–H and O–H groups in total. The summed E-state index contributed by atoms with van der Waals surface area (Å²) in [6.45, 7) is 2.72. The number of hydrogen-bond acceptors (Lipinski definition) is 3. The summed E-state index contributed by atoms with van der Waals surface area (Å²) in [5.41, 5.74) is 0.881. The molecule has 1 fully saturated rings. The van der Waals surface area contributed by atoms with Crippen molar-refractivity contribution in [3.8, 4) is 0 Å². The van der Waals surface area contributed by atoms with E-state index in [0.717, 1.165) is 31.4 Å². The van der Waals surface area contributed by atoms with Crippen LogP contribution in [0.25, 0.3) is 0 Å². The molecule has 3 nitrogen and oxygen atoms in total. The second-order valence-corrected chi connectivity index (χ2v) is 7.56. The summed E-state index contributed by atoms with van der Waals surface area (Å²) in [5, 5.41) is 0. The van der Waals surface area contributed by atoms with E-state index in [1.165, 1.54) is 14.2 Å². The molecule has 0 aromatic carbocycles. The van der Waals surface area contributed by atoms with Crippen molar-refractivity contribution in [1.82, 2.24) is 4.57 Å². The topological polar surface area (TPSA) is 21.7 Å². The van der Waals surface area contributed by atoms with Crippen molar-refractivity contribution >= 4 is 8.72 Å². The van der Waals surface area contributed by atoms with Crippen LogP contribution in [0.3, 0.4) is 0 Å². The molecule has 1 saturated heterocycles. The molecular formula is C12H22F3NO2Si. The van der Waals surface area contributed by atoms with Crippen LogP contribution < -0.4 is 0 Å². The van der Waals surface area contributed by atoms with Crippen LogP contribution in [0.15, 0.2) is 11.5 Å². The third-order valence-corrected chi connectivity index (χ3v) is 6.81. The lowest BCUT2D eigenvalue weighted by Gasteiger charge is -2.43. The summed E-state index contributed by atoms with van der Waals surface area (Å²) in [5.74, 6) is -1.46. The van der Waals surface area contributed by atoms with Gasteiger partial charge in [0.25, 0.3) is 6.43 Å². The number of hydrogen-bond donors (Lipinski definition) is 0. The standard InChI is InChI=1S/C12H22F3NO2Si/c1-4-10-7-5-6-8-16(10)19(17-2,18-3)9-11(13)12(14)15/h9-10,12H,4-8H2,1-3H3. The summed E-state index contributed by atoms with van der Waals surface area (Å²) < 4.78 is 50.9. The average Bonchev–Trinajstić information content (AvgIpc) is 2.44. The van der Waals surface area contributed by atoms with Gasteiger partial charge in [-0.3, -0.25) is 4.57 Å². The summed E-state index contributed by atoms with van der Waals surface area (Å²) in [6.07, 6.45) is 0.742. The van der Waals surface area contributed by atoms with Crippen molar-refractivity contribution in [2.24, 2.45) is 0 Å². The highest BCUT2D eigenvalue weighted by atomic mass is 28.4. The second kappa shape index (κ2) is 7.42. The van der Waals surface area contributed by atoms with Crippen molar-refractivity contribution in [2.75, 3.05) is 20.8 Å². The van der Waals surface area contributed by atoms with E-state index in [2.05, 4.69) is 0 Å². The van der Waals surface area contributed by atoms with Crippen LogP contribution in [0.1, 0.15) is 32.6 Å². The van der Waals surface area contributed by atoms with Gasteiger partial charge in [0, 0.05) is 26.0 Å². The van der Waals surface area contributed by atoms with Gasteiger partial charge < -0.3 is 8.85 Å². The number of piperidine rings is 1. The fourth-order valence-corrected chi connectivity index (χ4v) is 5.39. The van der Waals surface area contributed by atoms with Gasteiger partial charge in [0.05, 0.1) is 0 Å². The van der Waals surface area contributed by atoms with E-state index in [9.17, 15) is 13.2 Å².